The van der Waals surface area contributed by atoms with Gasteiger partial charge in [0.25, 0.3) is 0 Å². The topological polar surface area (TPSA) is 244 Å². The monoisotopic (exact) mass is 916 g/mol. The molecule has 290 valence electrons. The Kier molecular flexibility index (Phi) is 13.7. The summed E-state index contributed by atoms with van der Waals surface area (Å²) >= 11 is 0. The second-order valence-electron chi connectivity index (χ2n) is 12.9. The number of aromatic carboxylic acids is 1. The molecule has 0 fully saturated rings. The van der Waals surface area contributed by atoms with Crippen LogP contribution in [-0.2, 0) is 46.7 Å². The Morgan fingerprint density at radius 3 is 2.15 bits per heavy atom. The van der Waals surface area contributed by atoms with Gasteiger partial charge in [0.15, 0.2) is 0 Å². The zero-order valence-corrected chi connectivity index (χ0v) is 31.8. The first-order valence-corrected chi connectivity index (χ1v) is 16.7. The van der Waals surface area contributed by atoms with Crippen molar-refractivity contribution in [3.05, 3.63) is 75.4 Å². The second-order valence-corrected chi connectivity index (χ2v) is 12.9. The van der Waals surface area contributed by atoms with Crippen LogP contribution in [0.15, 0.2) is 24.8 Å². The SMILES string of the molecule is C.C=Cc1c(C)c2cc3nc(c(CC(=O)N[C@@H](CC(=O)[O-])C(=O)[O-])c4[n-]c(cc5nc(cc1[n-]2)C(C)=C5CC)c(C)c4C(=O)[O-])[C@@H](CCC(=O)[O-])[C@@H]3C.[Pt]. The maximum absolute atomic E-state index is 13.5. The second kappa shape index (κ2) is 17.2. The molecule has 14 nitrogen and oxygen atoms in total. The van der Waals surface area contributed by atoms with Gasteiger partial charge in [0, 0.05) is 62.6 Å². The van der Waals surface area contributed by atoms with Gasteiger partial charge in [0.2, 0.25) is 5.91 Å². The van der Waals surface area contributed by atoms with Crippen molar-refractivity contribution in [3.63, 3.8) is 0 Å². The summed E-state index contributed by atoms with van der Waals surface area (Å²) in [5, 5.41) is 49.6. The number of carbonyl (C=O) groups is 5. The maximum Gasteiger partial charge on any atom is 0.224 e. The number of aromatic nitrogens is 4. The largest absolute Gasteiger partial charge is 0.657 e. The average molecular weight is 917 g/mol. The Morgan fingerprint density at radius 2 is 1.57 bits per heavy atom. The Bertz CT molecular complexity index is 2250. The molecular formula is C39H39N5O9Pt-6. The van der Waals surface area contributed by atoms with Crippen LogP contribution in [0.1, 0.15) is 121 Å². The fourth-order valence-electron chi connectivity index (χ4n) is 6.96. The first kappa shape index (κ1) is 43.0. The number of carboxylic acids is 4. The summed E-state index contributed by atoms with van der Waals surface area (Å²) < 4.78 is 0. The number of fused-ring (bicyclic) bond motifs is 8. The molecule has 3 aromatic heterocycles. The molecule has 1 amide bonds. The van der Waals surface area contributed by atoms with Crippen molar-refractivity contribution in [1.82, 2.24) is 25.3 Å². The van der Waals surface area contributed by atoms with Crippen LogP contribution in [0.2, 0.25) is 0 Å². The van der Waals surface area contributed by atoms with E-state index in [2.05, 4.69) is 11.9 Å². The van der Waals surface area contributed by atoms with Crippen molar-refractivity contribution < 1.29 is 65.5 Å². The van der Waals surface area contributed by atoms with Gasteiger partial charge in [-0.05, 0) is 67.9 Å². The zero-order chi connectivity index (χ0) is 38.2. The van der Waals surface area contributed by atoms with Gasteiger partial charge in [-0.3, -0.25) is 9.78 Å². The number of rotatable bonds is 12. The number of amides is 1. The number of nitrogens with zero attached hydrogens (tertiary/aromatic N) is 4. The number of carbonyl (C=O) groups excluding carboxylic acids is 5. The predicted octanol–water partition coefficient (Wildman–Crippen LogP) is 0.505. The average Bonchev–Trinajstić information content (AvgIpc) is 3.74. The maximum atomic E-state index is 13.5. The molecule has 5 rings (SSSR count). The predicted molar refractivity (Wildman–Crippen MR) is 188 cm³/mol. The number of nitrogens with one attached hydrogen (secondary N) is 1. The Morgan fingerprint density at radius 1 is 0.926 bits per heavy atom. The number of aliphatic carboxylic acids is 3. The van der Waals surface area contributed by atoms with Crippen molar-refractivity contribution >= 4 is 69.1 Å². The minimum absolute atomic E-state index is 0. The molecule has 54 heavy (non-hydrogen) atoms. The van der Waals surface area contributed by atoms with Crippen molar-refractivity contribution in [3.8, 4) is 0 Å². The fraction of sp³-hybridized carbons (Fsp3) is 0.359. The van der Waals surface area contributed by atoms with Crippen LogP contribution in [0, 0.1) is 13.8 Å². The quantitative estimate of drug-likeness (QED) is 0.261. The van der Waals surface area contributed by atoms with Crippen molar-refractivity contribution in [2.75, 3.05) is 0 Å². The van der Waals surface area contributed by atoms with Crippen LogP contribution in [0.25, 0.3) is 39.3 Å². The molecule has 0 spiro atoms. The summed E-state index contributed by atoms with van der Waals surface area (Å²) in [6.45, 7) is 13.0. The van der Waals surface area contributed by atoms with Crippen LogP contribution in [-0.4, -0.2) is 45.8 Å². The zero-order valence-electron chi connectivity index (χ0n) is 29.6. The molecule has 0 aromatic carbocycles. The molecule has 15 heteroatoms. The molecule has 0 aliphatic carbocycles. The van der Waals surface area contributed by atoms with Crippen LogP contribution in [0.5, 0.6) is 0 Å². The van der Waals surface area contributed by atoms with Crippen LogP contribution >= 0.6 is 0 Å². The first-order valence-electron chi connectivity index (χ1n) is 16.7. The number of hydrogen-bond acceptors (Lipinski definition) is 11. The molecule has 2 aliphatic rings. The molecule has 5 heterocycles. The summed E-state index contributed by atoms with van der Waals surface area (Å²) in [6.07, 6.45) is 0.0207. The minimum atomic E-state index is -1.97. The van der Waals surface area contributed by atoms with Crippen LogP contribution in [0.3, 0.4) is 0 Å². The molecular weight excluding hydrogens is 878 g/mol. The van der Waals surface area contributed by atoms with E-state index in [4.69, 9.17) is 19.9 Å². The third-order valence-corrected chi connectivity index (χ3v) is 9.77. The summed E-state index contributed by atoms with van der Waals surface area (Å²) in [4.78, 5) is 80.3. The third-order valence-electron chi connectivity index (χ3n) is 9.77. The Balaban J connectivity index is 0.00000392. The Hall–Kier alpha value is -5.36. The number of aryl methyl sites for hydroxylation is 2. The Labute approximate surface area is 326 Å². The molecule has 0 saturated carbocycles. The number of carboxylic acid groups (broad SMARTS) is 4. The molecule has 2 aliphatic heterocycles. The van der Waals surface area contributed by atoms with Crippen LogP contribution in [0.4, 0.5) is 0 Å². The number of hydrogen-bond donors (Lipinski definition) is 1. The van der Waals surface area contributed by atoms with Gasteiger partial charge >= 0.3 is 0 Å². The van der Waals surface area contributed by atoms with Gasteiger partial charge in [0.05, 0.1) is 35.8 Å². The minimum Gasteiger partial charge on any atom is -0.657 e. The summed E-state index contributed by atoms with van der Waals surface area (Å²) in [5.41, 5.74) is 5.99. The van der Waals surface area contributed by atoms with Crippen molar-refractivity contribution in [1.29, 1.82) is 0 Å². The molecule has 3 atom stereocenters. The van der Waals surface area contributed by atoms with Gasteiger partial charge in [-0.2, -0.15) is 0 Å². The summed E-state index contributed by atoms with van der Waals surface area (Å²) in [6, 6.07) is 3.25. The van der Waals surface area contributed by atoms with E-state index in [0.29, 0.717) is 34.5 Å². The molecule has 8 bridgehead atoms. The summed E-state index contributed by atoms with van der Waals surface area (Å²) in [5.74, 6) is -8.82. The van der Waals surface area contributed by atoms with E-state index >= 15 is 0 Å². The van der Waals surface area contributed by atoms with E-state index in [1.165, 1.54) is 6.92 Å². The standard InChI is InChI=1S/C38H41N5O9.CH4.Pt/c1-7-20-16(3)24-12-26-18(5)22(9-10-32(45)46)35(42-26)23(11-31(44)41-30(37(49)50)15-33(47)48)36-34(38(51)52)19(6)27(43-36)14-29-21(8-2)17(4)25(40-29)13-28(20)39-24;;/h7,12-14,18,22,30H,1,8-11,15H2,2-6H3,(H7,39,40,41,42,43,44,45,46,47,48,49,50,51,52);1H4;/p-6/t18-,22-,30-;;/m0../s1. The van der Waals surface area contributed by atoms with Gasteiger partial charge in [0.1, 0.15) is 0 Å². The van der Waals surface area contributed by atoms with E-state index in [1.807, 2.05) is 26.8 Å². The first-order chi connectivity index (χ1) is 24.6. The van der Waals surface area contributed by atoms with Crippen LogP contribution < -0.4 is 35.7 Å². The summed E-state index contributed by atoms with van der Waals surface area (Å²) in [7, 11) is 0. The normalized spacial score (nSPS) is 15.4. The van der Waals surface area contributed by atoms with Gasteiger partial charge in [-0.25, -0.2) is 4.98 Å². The van der Waals surface area contributed by atoms with Crippen molar-refractivity contribution in [2.45, 2.75) is 92.0 Å². The third kappa shape index (κ3) is 8.38. The van der Waals surface area contributed by atoms with E-state index in [-0.39, 0.29) is 68.3 Å². The number of allylic oxidation sites excluding steroid dienone is 2. The van der Waals surface area contributed by atoms with Gasteiger partial charge < -0.3 is 54.9 Å². The molecule has 0 radical (unpaired) electrons. The molecule has 1 N–H and O–H groups in total. The van der Waals surface area contributed by atoms with Gasteiger partial charge in [-0.15, -0.1) is 22.1 Å². The van der Waals surface area contributed by atoms with Gasteiger partial charge in [-0.1, -0.05) is 63.3 Å². The smallest absolute Gasteiger partial charge is 0.224 e. The molecule has 0 saturated heterocycles. The van der Waals surface area contributed by atoms with E-state index in [0.717, 1.165) is 22.3 Å². The van der Waals surface area contributed by atoms with E-state index in [9.17, 15) is 44.4 Å². The van der Waals surface area contributed by atoms with E-state index in [1.54, 1.807) is 25.1 Å². The van der Waals surface area contributed by atoms with Crippen molar-refractivity contribution in [2.24, 2.45) is 0 Å². The molecule has 0 unspecified atom stereocenters. The van der Waals surface area contributed by atoms with E-state index < -0.39 is 66.9 Å². The fourth-order valence-corrected chi connectivity index (χ4v) is 6.96. The molecule has 3 aromatic rings.